The minimum absolute atomic E-state index is 0.00285. The summed E-state index contributed by atoms with van der Waals surface area (Å²) in [4.78, 5) is 46.9. The van der Waals surface area contributed by atoms with Crippen LogP contribution in [0.15, 0.2) is 0 Å². The molecule has 4 aliphatic carbocycles. The first kappa shape index (κ1) is 34.7. The SMILES string of the molecule is CC(=O)OCC(CCC[C@@H](C)[C@H]1CC[C@H]2[C@@H]3[C@H](OC(C)=O)CC4C[C@H](OC(C)=O)CC[C@]4(C)[C@H]3C[C@H](O)[C@]12C)COC(C)=O. The number of rotatable bonds is 11. The lowest BCUT2D eigenvalue weighted by atomic mass is 9.43. The zero-order valence-corrected chi connectivity index (χ0v) is 28.0. The highest BCUT2D eigenvalue weighted by Crippen LogP contribution is 2.69. The predicted octanol–water partition coefficient (Wildman–Crippen LogP) is 5.64. The standard InChI is InChI=1S/C35H56O9/c1-20(9-8-10-25(18-41-21(2)36)19-42-22(3)37)28-11-12-29-33-30(17-32(40)35(28,29)7)34(6)14-13-27(43-23(4)38)15-26(34)16-31(33)44-24(5)39/h20,25-33,40H,8-19H2,1-7H3/t20-,26?,27-,28-,29+,30+,31-,32+,33+,34+,35-/m1/s1. The summed E-state index contributed by atoms with van der Waals surface area (Å²) in [6.07, 6.45) is 8.03. The Labute approximate surface area is 263 Å². The number of hydrogen-bond donors (Lipinski definition) is 1. The van der Waals surface area contributed by atoms with Gasteiger partial charge in [-0.05, 0) is 91.8 Å². The second kappa shape index (κ2) is 14.1. The number of esters is 4. The molecule has 0 spiro atoms. The van der Waals surface area contributed by atoms with Crippen LogP contribution in [-0.4, -0.2) is 60.5 Å². The fourth-order valence-electron chi connectivity index (χ4n) is 10.4. The van der Waals surface area contributed by atoms with Crippen molar-refractivity contribution in [3.05, 3.63) is 0 Å². The normalized spacial score (nSPS) is 38.5. The Hall–Kier alpha value is -2.16. The van der Waals surface area contributed by atoms with Crippen LogP contribution >= 0.6 is 0 Å². The van der Waals surface area contributed by atoms with Crippen LogP contribution in [0.1, 0.15) is 113 Å². The molecule has 11 atom stereocenters. The summed E-state index contributed by atoms with van der Waals surface area (Å²) < 4.78 is 22.2. The van der Waals surface area contributed by atoms with E-state index in [4.69, 9.17) is 18.9 Å². The molecule has 4 aliphatic rings. The Morgan fingerprint density at radius 1 is 0.795 bits per heavy atom. The predicted molar refractivity (Wildman–Crippen MR) is 163 cm³/mol. The third-order valence-corrected chi connectivity index (χ3v) is 12.4. The number of carbonyl (C=O) groups is 4. The van der Waals surface area contributed by atoms with E-state index in [1.54, 1.807) is 0 Å². The quantitative estimate of drug-likeness (QED) is 0.231. The van der Waals surface area contributed by atoms with Crippen molar-refractivity contribution in [3.8, 4) is 0 Å². The highest BCUT2D eigenvalue weighted by molar-refractivity contribution is 5.67. The molecule has 0 aromatic carbocycles. The van der Waals surface area contributed by atoms with Gasteiger partial charge >= 0.3 is 23.9 Å². The molecule has 9 nitrogen and oxygen atoms in total. The Balaban J connectivity index is 1.48. The Morgan fingerprint density at radius 3 is 2.02 bits per heavy atom. The van der Waals surface area contributed by atoms with Crippen molar-refractivity contribution in [2.24, 2.45) is 52.3 Å². The lowest BCUT2D eigenvalue weighted by Gasteiger charge is -2.64. The molecular formula is C35H56O9. The van der Waals surface area contributed by atoms with Crippen molar-refractivity contribution in [1.82, 2.24) is 0 Å². The van der Waals surface area contributed by atoms with Gasteiger partial charge in [-0.25, -0.2) is 0 Å². The van der Waals surface area contributed by atoms with Crippen molar-refractivity contribution >= 4 is 23.9 Å². The average molecular weight is 621 g/mol. The number of fused-ring (bicyclic) bond motifs is 5. The molecule has 0 heterocycles. The molecule has 9 heteroatoms. The van der Waals surface area contributed by atoms with E-state index in [1.165, 1.54) is 27.7 Å². The highest BCUT2D eigenvalue weighted by Gasteiger charge is 2.66. The summed E-state index contributed by atoms with van der Waals surface area (Å²) in [6.45, 7) is 13.2. The maximum Gasteiger partial charge on any atom is 0.302 e. The molecule has 1 unspecified atom stereocenters. The lowest BCUT2D eigenvalue weighted by molar-refractivity contribution is -0.218. The van der Waals surface area contributed by atoms with Crippen LogP contribution in [0.5, 0.6) is 0 Å². The average Bonchev–Trinajstić information content (AvgIpc) is 3.28. The fourth-order valence-corrected chi connectivity index (χ4v) is 10.4. The smallest absolute Gasteiger partial charge is 0.302 e. The molecule has 0 aliphatic heterocycles. The van der Waals surface area contributed by atoms with Gasteiger partial charge in [0.15, 0.2) is 0 Å². The maximum absolute atomic E-state index is 12.4. The van der Waals surface area contributed by atoms with E-state index in [-0.39, 0.29) is 89.7 Å². The molecule has 44 heavy (non-hydrogen) atoms. The zero-order chi connectivity index (χ0) is 32.4. The van der Waals surface area contributed by atoms with Crippen molar-refractivity contribution in [2.75, 3.05) is 13.2 Å². The number of ether oxygens (including phenoxy) is 4. The largest absolute Gasteiger partial charge is 0.465 e. The van der Waals surface area contributed by atoms with Crippen molar-refractivity contribution in [3.63, 3.8) is 0 Å². The van der Waals surface area contributed by atoms with E-state index in [0.717, 1.165) is 57.8 Å². The summed E-state index contributed by atoms with van der Waals surface area (Å²) in [5.74, 6) is 0.469. The van der Waals surface area contributed by atoms with Gasteiger partial charge in [-0.1, -0.05) is 33.6 Å². The number of carbonyl (C=O) groups excluding carboxylic acids is 4. The Kier molecular flexibility index (Phi) is 11.1. The second-order valence-electron chi connectivity index (χ2n) is 15.1. The van der Waals surface area contributed by atoms with Gasteiger partial charge in [-0.2, -0.15) is 0 Å². The highest BCUT2D eigenvalue weighted by atomic mass is 16.6. The third kappa shape index (κ3) is 7.28. The van der Waals surface area contributed by atoms with Crippen LogP contribution in [0, 0.1) is 52.3 Å². The first-order valence-electron chi connectivity index (χ1n) is 17.0. The minimum atomic E-state index is -0.441. The maximum atomic E-state index is 12.4. The Bertz CT molecular complexity index is 1040. The molecule has 0 aromatic rings. The molecule has 0 aromatic heterocycles. The molecule has 4 saturated carbocycles. The van der Waals surface area contributed by atoms with E-state index < -0.39 is 6.10 Å². The molecule has 0 amide bonds. The van der Waals surface area contributed by atoms with Gasteiger partial charge in [0, 0.05) is 39.5 Å². The number of aliphatic hydroxyl groups excluding tert-OH is 1. The molecule has 250 valence electrons. The first-order valence-corrected chi connectivity index (χ1v) is 17.0. The molecule has 0 radical (unpaired) electrons. The Morgan fingerprint density at radius 2 is 1.43 bits per heavy atom. The van der Waals surface area contributed by atoms with E-state index >= 15 is 0 Å². The molecular weight excluding hydrogens is 564 g/mol. The zero-order valence-electron chi connectivity index (χ0n) is 28.0. The van der Waals surface area contributed by atoms with Crippen LogP contribution in [0.2, 0.25) is 0 Å². The van der Waals surface area contributed by atoms with Gasteiger partial charge < -0.3 is 24.1 Å². The molecule has 0 bridgehead atoms. The summed E-state index contributed by atoms with van der Waals surface area (Å²) >= 11 is 0. The van der Waals surface area contributed by atoms with E-state index in [1.807, 2.05) is 0 Å². The van der Waals surface area contributed by atoms with E-state index in [0.29, 0.717) is 18.3 Å². The lowest BCUT2D eigenvalue weighted by Crippen LogP contribution is -2.63. The first-order chi connectivity index (χ1) is 20.7. The monoisotopic (exact) mass is 620 g/mol. The van der Waals surface area contributed by atoms with Crippen LogP contribution in [-0.2, 0) is 38.1 Å². The van der Waals surface area contributed by atoms with E-state index in [2.05, 4.69) is 20.8 Å². The van der Waals surface area contributed by atoms with Gasteiger partial charge in [-0.3, -0.25) is 19.2 Å². The summed E-state index contributed by atoms with van der Waals surface area (Å²) in [5.41, 5.74) is -0.269. The molecule has 1 N–H and O–H groups in total. The van der Waals surface area contributed by atoms with Crippen LogP contribution < -0.4 is 0 Å². The van der Waals surface area contributed by atoms with Gasteiger partial charge in [-0.15, -0.1) is 0 Å². The third-order valence-electron chi connectivity index (χ3n) is 12.4. The fraction of sp³-hybridized carbons (Fsp3) is 0.886. The van der Waals surface area contributed by atoms with Crippen molar-refractivity contribution in [1.29, 1.82) is 0 Å². The van der Waals surface area contributed by atoms with Crippen LogP contribution in [0.4, 0.5) is 0 Å². The van der Waals surface area contributed by atoms with Gasteiger partial charge in [0.05, 0.1) is 19.3 Å². The molecule has 0 saturated heterocycles. The second-order valence-corrected chi connectivity index (χ2v) is 15.1. The summed E-state index contributed by atoms with van der Waals surface area (Å²) in [5, 5.41) is 12.0. The number of aliphatic hydroxyl groups is 1. The topological polar surface area (TPSA) is 125 Å². The summed E-state index contributed by atoms with van der Waals surface area (Å²) in [6, 6.07) is 0. The van der Waals surface area contributed by atoms with Gasteiger partial charge in [0.25, 0.3) is 0 Å². The summed E-state index contributed by atoms with van der Waals surface area (Å²) in [7, 11) is 0. The van der Waals surface area contributed by atoms with Gasteiger partial charge in [0.2, 0.25) is 0 Å². The minimum Gasteiger partial charge on any atom is -0.465 e. The molecule has 4 fully saturated rings. The van der Waals surface area contributed by atoms with E-state index in [9.17, 15) is 24.3 Å². The number of hydrogen-bond acceptors (Lipinski definition) is 9. The van der Waals surface area contributed by atoms with Crippen molar-refractivity contribution in [2.45, 2.75) is 131 Å². The van der Waals surface area contributed by atoms with Crippen LogP contribution in [0.3, 0.4) is 0 Å². The molecule has 4 rings (SSSR count). The van der Waals surface area contributed by atoms with Crippen molar-refractivity contribution < 1.29 is 43.2 Å². The van der Waals surface area contributed by atoms with Gasteiger partial charge in [0.1, 0.15) is 12.2 Å². The van der Waals surface area contributed by atoms with Crippen LogP contribution in [0.25, 0.3) is 0 Å².